The summed E-state index contributed by atoms with van der Waals surface area (Å²) >= 11 is 7.32. The summed E-state index contributed by atoms with van der Waals surface area (Å²) in [7, 11) is 0. The van der Waals surface area contributed by atoms with Crippen LogP contribution in [0.2, 0.25) is 5.02 Å². The summed E-state index contributed by atoms with van der Waals surface area (Å²) in [5.74, 6) is 0. The molecule has 0 saturated heterocycles. The summed E-state index contributed by atoms with van der Waals surface area (Å²) in [6.45, 7) is 8.32. The summed E-state index contributed by atoms with van der Waals surface area (Å²) in [6, 6.07) is 12.1. The number of carbonyl (C=O) groups excluding carboxylic acids is 1. The van der Waals surface area contributed by atoms with Crippen molar-refractivity contribution in [3.8, 4) is 0 Å². The van der Waals surface area contributed by atoms with Gasteiger partial charge in [0.2, 0.25) is 0 Å². The van der Waals surface area contributed by atoms with E-state index in [1.54, 1.807) is 36.4 Å². The molecular formula is C21H23ClN4O2S. The summed E-state index contributed by atoms with van der Waals surface area (Å²) in [5, 5.41) is 7.24. The van der Waals surface area contributed by atoms with Crippen LogP contribution in [-0.4, -0.2) is 23.1 Å². The molecule has 0 radical (unpaired) electrons. The number of urea groups is 1. The summed E-state index contributed by atoms with van der Waals surface area (Å²) in [5.41, 5.74) is 0.836. The fourth-order valence-corrected chi connectivity index (χ4v) is 4.48. The number of hydrogen-bond acceptors (Lipinski definition) is 5. The van der Waals surface area contributed by atoms with Crippen LogP contribution in [-0.2, 0) is 0 Å². The van der Waals surface area contributed by atoms with Gasteiger partial charge in [-0.1, -0.05) is 22.9 Å². The minimum atomic E-state index is -0.404. The minimum Gasteiger partial charge on any atom is -0.343 e. The van der Waals surface area contributed by atoms with Gasteiger partial charge in [-0.3, -0.25) is 4.79 Å². The molecule has 8 heteroatoms. The molecule has 1 heterocycles. The number of amides is 2. The Kier molecular flexibility index (Phi) is 6.39. The Morgan fingerprint density at radius 1 is 1.00 bits per heavy atom. The van der Waals surface area contributed by atoms with Crippen LogP contribution in [0.4, 0.5) is 21.3 Å². The van der Waals surface area contributed by atoms with Gasteiger partial charge < -0.3 is 15.5 Å². The normalized spacial score (nSPS) is 11.1. The van der Waals surface area contributed by atoms with Crippen molar-refractivity contribution in [2.75, 3.05) is 15.5 Å². The van der Waals surface area contributed by atoms with Gasteiger partial charge in [0.05, 0.1) is 5.39 Å². The summed E-state index contributed by atoms with van der Waals surface area (Å²) in [4.78, 5) is 31.3. The SMILES string of the molecule is CC(C)N(c1nc(=O)c2cc(NC(=O)Nc3ccc(Cl)cc3)ccc2s1)C(C)C. The number of aromatic nitrogens is 1. The molecule has 152 valence electrons. The van der Waals surface area contributed by atoms with Crippen molar-refractivity contribution >= 4 is 55.6 Å². The maximum Gasteiger partial charge on any atom is 0.323 e. The van der Waals surface area contributed by atoms with E-state index in [0.29, 0.717) is 26.9 Å². The number of hydrogen-bond donors (Lipinski definition) is 2. The van der Waals surface area contributed by atoms with E-state index in [2.05, 4.69) is 48.2 Å². The second-order valence-corrected chi connectivity index (χ2v) is 8.64. The highest BCUT2D eigenvalue weighted by Crippen LogP contribution is 2.28. The molecule has 0 aliphatic heterocycles. The van der Waals surface area contributed by atoms with Gasteiger partial charge >= 0.3 is 6.03 Å². The van der Waals surface area contributed by atoms with E-state index in [9.17, 15) is 9.59 Å². The van der Waals surface area contributed by atoms with Gasteiger partial charge in [0.15, 0.2) is 5.13 Å². The molecule has 2 N–H and O–H groups in total. The lowest BCUT2D eigenvalue weighted by molar-refractivity contribution is 0.262. The third kappa shape index (κ3) is 5.05. The Labute approximate surface area is 178 Å². The molecule has 1 aromatic heterocycles. The first-order chi connectivity index (χ1) is 13.7. The van der Waals surface area contributed by atoms with E-state index in [4.69, 9.17) is 11.6 Å². The smallest absolute Gasteiger partial charge is 0.323 e. The van der Waals surface area contributed by atoms with Crippen molar-refractivity contribution in [1.82, 2.24) is 4.98 Å². The number of rotatable bonds is 5. The molecule has 0 aliphatic rings. The first kappa shape index (κ1) is 21.1. The third-order valence-electron chi connectivity index (χ3n) is 4.30. The second kappa shape index (κ2) is 8.80. The number of nitrogens with one attached hydrogen (secondary N) is 2. The first-order valence-corrected chi connectivity index (χ1v) is 10.5. The van der Waals surface area contributed by atoms with Gasteiger partial charge in [-0.25, -0.2) is 4.79 Å². The lowest BCUT2D eigenvalue weighted by Crippen LogP contribution is -2.38. The van der Waals surface area contributed by atoms with Crippen molar-refractivity contribution in [2.45, 2.75) is 39.8 Å². The number of anilines is 3. The van der Waals surface area contributed by atoms with Crippen LogP contribution in [0.1, 0.15) is 27.7 Å². The molecule has 0 saturated carbocycles. The van der Waals surface area contributed by atoms with Crippen LogP contribution in [0, 0.1) is 0 Å². The molecule has 3 rings (SSSR count). The summed E-state index contributed by atoms with van der Waals surface area (Å²) in [6.07, 6.45) is 0. The zero-order valence-corrected chi connectivity index (χ0v) is 18.3. The minimum absolute atomic E-state index is 0.230. The van der Waals surface area contributed by atoms with E-state index in [-0.39, 0.29) is 17.6 Å². The predicted molar refractivity (Wildman–Crippen MR) is 123 cm³/mol. The molecule has 29 heavy (non-hydrogen) atoms. The van der Waals surface area contributed by atoms with Gasteiger partial charge in [0, 0.05) is 33.2 Å². The Morgan fingerprint density at radius 2 is 1.59 bits per heavy atom. The van der Waals surface area contributed by atoms with E-state index in [1.807, 2.05) is 6.07 Å². The van der Waals surface area contributed by atoms with Gasteiger partial charge in [-0.2, -0.15) is 4.98 Å². The number of carbonyl (C=O) groups is 1. The highest BCUT2D eigenvalue weighted by molar-refractivity contribution is 7.21. The Balaban J connectivity index is 1.83. The topological polar surface area (TPSA) is 74.3 Å². The number of nitrogens with zero attached hydrogens (tertiary/aromatic N) is 2. The largest absolute Gasteiger partial charge is 0.343 e. The van der Waals surface area contributed by atoms with Crippen molar-refractivity contribution in [1.29, 1.82) is 0 Å². The van der Waals surface area contributed by atoms with Crippen LogP contribution < -0.4 is 21.1 Å². The Bertz CT molecular complexity index is 1070. The lowest BCUT2D eigenvalue weighted by Gasteiger charge is -2.31. The average molecular weight is 431 g/mol. The molecule has 0 atom stereocenters. The maximum absolute atomic E-state index is 12.6. The van der Waals surface area contributed by atoms with Gasteiger partial charge in [0.1, 0.15) is 0 Å². The van der Waals surface area contributed by atoms with Crippen molar-refractivity contribution < 1.29 is 4.79 Å². The van der Waals surface area contributed by atoms with E-state index < -0.39 is 6.03 Å². The molecule has 0 spiro atoms. The molecule has 2 aromatic carbocycles. The molecule has 0 aliphatic carbocycles. The fourth-order valence-electron chi connectivity index (χ4n) is 3.11. The highest BCUT2D eigenvalue weighted by atomic mass is 35.5. The van der Waals surface area contributed by atoms with Crippen molar-refractivity contribution in [3.63, 3.8) is 0 Å². The van der Waals surface area contributed by atoms with E-state index in [1.165, 1.54) is 11.3 Å². The zero-order chi connectivity index (χ0) is 21.1. The lowest BCUT2D eigenvalue weighted by atomic mass is 10.2. The molecule has 3 aromatic rings. The number of benzene rings is 2. The van der Waals surface area contributed by atoms with Crippen LogP contribution in [0.3, 0.4) is 0 Å². The van der Waals surface area contributed by atoms with Crippen LogP contribution in [0.25, 0.3) is 10.1 Å². The quantitative estimate of drug-likeness (QED) is 0.554. The van der Waals surface area contributed by atoms with Gasteiger partial charge in [-0.15, -0.1) is 0 Å². The van der Waals surface area contributed by atoms with Crippen LogP contribution in [0.5, 0.6) is 0 Å². The van der Waals surface area contributed by atoms with Crippen LogP contribution >= 0.6 is 22.9 Å². The van der Waals surface area contributed by atoms with Crippen molar-refractivity contribution in [3.05, 3.63) is 57.8 Å². The number of halogens is 1. The van der Waals surface area contributed by atoms with Gasteiger partial charge in [-0.05, 0) is 70.2 Å². The fraction of sp³-hybridized carbons (Fsp3) is 0.286. The molecule has 0 bridgehead atoms. The molecule has 2 amide bonds. The molecule has 6 nitrogen and oxygen atoms in total. The Morgan fingerprint density at radius 3 is 2.21 bits per heavy atom. The zero-order valence-electron chi connectivity index (χ0n) is 16.7. The second-order valence-electron chi connectivity index (χ2n) is 7.19. The monoisotopic (exact) mass is 430 g/mol. The summed E-state index contributed by atoms with van der Waals surface area (Å²) < 4.78 is 0.829. The van der Waals surface area contributed by atoms with E-state index >= 15 is 0 Å². The number of fused-ring (bicyclic) bond motifs is 1. The first-order valence-electron chi connectivity index (χ1n) is 9.31. The van der Waals surface area contributed by atoms with Crippen LogP contribution in [0.15, 0.2) is 47.3 Å². The molecule has 0 unspecified atom stereocenters. The standard InChI is InChI=1S/C21H23ClN4O2S/c1-12(2)26(13(3)4)21-25-19(27)17-11-16(9-10-18(17)29-21)24-20(28)23-15-7-5-14(22)6-8-15/h5-13H,1-4H3,(H2,23,24,28). The average Bonchev–Trinajstić information content (AvgIpc) is 2.63. The van der Waals surface area contributed by atoms with E-state index in [0.717, 1.165) is 4.70 Å². The predicted octanol–water partition coefficient (Wildman–Crippen LogP) is 5.58. The van der Waals surface area contributed by atoms with Crippen molar-refractivity contribution in [2.24, 2.45) is 0 Å². The maximum atomic E-state index is 12.6. The third-order valence-corrected chi connectivity index (χ3v) is 5.61. The Hall–Kier alpha value is -2.64. The van der Waals surface area contributed by atoms with Gasteiger partial charge in [0.25, 0.3) is 5.56 Å². The highest BCUT2D eigenvalue weighted by Gasteiger charge is 2.18. The molecular weight excluding hydrogens is 408 g/mol. The molecule has 0 fully saturated rings.